The van der Waals surface area contributed by atoms with Crippen molar-refractivity contribution in [1.29, 1.82) is 0 Å². The number of rotatable bonds is 7. The van der Waals surface area contributed by atoms with Crippen LogP contribution in [0.2, 0.25) is 0 Å². The third-order valence-electron chi connectivity index (χ3n) is 3.71. The molecule has 0 fully saturated rings. The Kier molecular flexibility index (Phi) is 6.90. The molecule has 2 nitrogen and oxygen atoms in total. The molecule has 1 atom stereocenters. The van der Waals surface area contributed by atoms with Gasteiger partial charge < -0.3 is 11.5 Å². The van der Waals surface area contributed by atoms with Gasteiger partial charge in [-0.2, -0.15) is 0 Å². The highest BCUT2D eigenvalue weighted by Gasteiger charge is 2.15. The summed E-state index contributed by atoms with van der Waals surface area (Å²) in [7, 11) is 0. The molecule has 0 aliphatic carbocycles. The maximum absolute atomic E-state index is 5.75. The molecule has 1 rings (SSSR count). The van der Waals surface area contributed by atoms with E-state index in [2.05, 4.69) is 48.0 Å². The molecule has 0 spiro atoms. The van der Waals surface area contributed by atoms with Crippen molar-refractivity contribution in [3.05, 3.63) is 33.8 Å². The second kappa shape index (κ2) is 7.93. The number of nitrogens with two attached hydrogens (primary N) is 2. The Morgan fingerprint density at radius 3 is 2.28 bits per heavy atom. The van der Waals surface area contributed by atoms with Crippen LogP contribution in [0, 0.1) is 5.92 Å². The van der Waals surface area contributed by atoms with Crippen LogP contribution < -0.4 is 11.5 Å². The average Bonchev–Trinajstić information content (AvgIpc) is 2.40. The standard InChI is InChI=1S/C15H25BrN2/c1-3-12-5-6-14(8-15(12)16)13(4-2)7-11(9-17)10-18/h5-6,8,11,13H,3-4,7,9-10,17-18H2,1-2H3. The molecular weight excluding hydrogens is 288 g/mol. The van der Waals surface area contributed by atoms with Crippen molar-refractivity contribution in [3.8, 4) is 0 Å². The molecule has 18 heavy (non-hydrogen) atoms. The second-order valence-electron chi connectivity index (χ2n) is 4.88. The Labute approximate surface area is 119 Å². The molecule has 102 valence electrons. The Morgan fingerprint density at radius 1 is 1.17 bits per heavy atom. The summed E-state index contributed by atoms with van der Waals surface area (Å²) in [6, 6.07) is 6.74. The van der Waals surface area contributed by atoms with E-state index < -0.39 is 0 Å². The normalized spacial score (nSPS) is 13.0. The van der Waals surface area contributed by atoms with Crippen molar-refractivity contribution in [1.82, 2.24) is 0 Å². The van der Waals surface area contributed by atoms with E-state index in [4.69, 9.17) is 11.5 Å². The Balaban J connectivity index is 2.84. The molecule has 0 aliphatic rings. The predicted molar refractivity (Wildman–Crippen MR) is 82.8 cm³/mol. The highest BCUT2D eigenvalue weighted by atomic mass is 79.9. The molecule has 0 bridgehead atoms. The van der Waals surface area contributed by atoms with Gasteiger partial charge in [0.15, 0.2) is 0 Å². The summed E-state index contributed by atoms with van der Waals surface area (Å²) < 4.78 is 1.22. The van der Waals surface area contributed by atoms with Crippen LogP contribution in [0.15, 0.2) is 22.7 Å². The fraction of sp³-hybridized carbons (Fsp3) is 0.600. The molecule has 3 heteroatoms. The molecule has 0 amide bonds. The lowest BCUT2D eigenvalue weighted by atomic mass is 9.86. The summed E-state index contributed by atoms with van der Waals surface area (Å²) in [4.78, 5) is 0. The Hall–Kier alpha value is -0.380. The first-order valence-corrected chi connectivity index (χ1v) is 7.63. The summed E-state index contributed by atoms with van der Waals surface area (Å²) in [5, 5.41) is 0. The number of benzene rings is 1. The van der Waals surface area contributed by atoms with Gasteiger partial charge in [-0.1, -0.05) is 41.9 Å². The van der Waals surface area contributed by atoms with Gasteiger partial charge >= 0.3 is 0 Å². The minimum absolute atomic E-state index is 0.430. The maximum atomic E-state index is 5.75. The largest absolute Gasteiger partial charge is 0.330 e. The summed E-state index contributed by atoms with van der Waals surface area (Å²) in [5.74, 6) is 0.990. The van der Waals surface area contributed by atoms with Gasteiger partial charge in [-0.15, -0.1) is 0 Å². The first-order valence-electron chi connectivity index (χ1n) is 6.84. The highest BCUT2D eigenvalue weighted by molar-refractivity contribution is 9.10. The maximum Gasteiger partial charge on any atom is 0.0210 e. The van der Waals surface area contributed by atoms with Crippen molar-refractivity contribution >= 4 is 15.9 Å². The molecule has 1 aromatic rings. The molecule has 0 radical (unpaired) electrons. The van der Waals surface area contributed by atoms with Gasteiger partial charge in [-0.05, 0) is 61.4 Å². The van der Waals surface area contributed by atoms with Crippen LogP contribution in [-0.2, 0) is 6.42 Å². The van der Waals surface area contributed by atoms with Crippen LogP contribution in [0.5, 0.6) is 0 Å². The van der Waals surface area contributed by atoms with Gasteiger partial charge in [0.05, 0.1) is 0 Å². The summed E-state index contributed by atoms with van der Waals surface area (Å²) >= 11 is 3.66. The minimum atomic E-state index is 0.430. The van der Waals surface area contributed by atoms with Crippen molar-refractivity contribution in [3.63, 3.8) is 0 Å². The lowest BCUT2D eigenvalue weighted by Crippen LogP contribution is -2.25. The van der Waals surface area contributed by atoms with Crippen molar-refractivity contribution < 1.29 is 0 Å². The quantitative estimate of drug-likeness (QED) is 0.810. The smallest absolute Gasteiger partial charge is 0.0210 e. The third-order valence-corrected chi connectivity index (χ3v) is 4.44. The van der Waals surface area contributed by atoms with Gasteiger partial charge in [-0.25, -0.2) is 0 Å². The van der Waals surface area contributed by atoms with Crippen molar-refractivity contribution in [2.24, 2.45) is 17.4 Å². The molecule has 4 N–H and O–H groups in total. The fourth-order valence-electron chi connectivity index (χ4n) is 2.33. The molecule has 0 aliphatic heterocycles. The monoisotopic (exact) mass is 312 g/mol. The zero-order valence-corrected chi connectivity index (χ0v) is 13.0. The summed E-state index contributed by atoms with van der Waals surface area (Å²) in [6.07, 6.45) is 3.28. The van der Waals surface area contributed by atoms with E-state index in [-0.39, 0.29) is 0 Å². The van der Waals surface area contributed by atoms with Gasteiger partial charge in [0, 0.05) is 4.47 Å². The van der Waals surface area contributed by atoms with Crippen LogP contribution >= 0.6 is 15.9 Å². The van der Waals surface area contributed by atoms with Crippen LogP contribution in [0.1, 0.15) is 43.7 Å². The molecule has 1 unspecified atom stereocenters. The average molecular weight is 313 g/mol. The zero-order valence-electron chi connectivity index (χ0n) is 11.5. The second-order valence-corrected chi connectivity index (χ2v) is 5.74. The van der Waals surface area contributed by atoms with E-state index in [1.54, 1.807) is 0 Å². The first-order chi connectivity index (χ1) is 8.65. The Bertz CT molecular complexity index is 362. The number of hydrogen-bond acceptors (Lipinski definition) is 2. The molecule has 0 saturated carbocycles. The summed E-state index contributed by atoms with van der Waals surface area (Å²) in [5.41, 5.74) is 14.3. The SMILES string of the molecule is CCc1ccc(C(CC)CC(CN)CN)cc1Br. The lowest BCUT2D eigenvalue weighted by molar-refractivity contribution is 0.442. The van der Waals surface area contributed by atoms with E-state index >= 15 is 0 Å². The number of hydrogen-bond donors (Lipinski definition) is 2. The molecule has 0 saturated heterocycles. The third kappa shape index (κ3) is 4.08. The first kappa shape index (κ1) is 15.7. The molecule has 0 heterocycles. The summed E-state index contributed by atoms with van der Waals surface area (Å²) in [6.45, 7) is 5.77. The lowest BCUT2D eigenvalue weighted by Gasteiger charge is -2.21. The van der Waals surface area contributed by atoms with E-state index in [9.17, 15) is 0 Å². The molecule has 0 aromatic heterocycles. The van der Waals surface area contributed by atoms with E-state index in [0.717, 1.165) is 19.3 Å². The highest BCUT2D eigenvalue weighted by Crippen LogP contribution is 2.30. The van der Waals surface area contributed by atoms with E-state index in [0.29, 0.717) is 24.9 Å². The number of aryl methyl sites for hydroxylation is 1. The van der Waals surface area contributed by atoms with Crippen LogP contribution in [0.25, 0.3) is 0 Å². The molecule has 1 aromatic carbocycles. The Morgan fingerprint density at radius 2 is 1.83 bits per heavy atom. The molecular formula is C15H25BrN2. The van der Waals surface area contributed by atoms with Gasteiger partial charge in [0.2, 0.25) is 0 Å². The minimum Gasteiger partial charge on any atom is -0.330 e. The topological polar surface area (TPSA) is 52.0 Å². The van der Waals surface area contributed by atoms with E-state index in [1.165, 1.54) is 15.6 Å². The zero-order chi connectivity index (χ0) is 13.5. The van der Waals surface area contributed by atoms with Gasteiger partial charge in [0.25, 0.3) is 0 Å². The van der Waals surface area contributed by atoms with Gasteiger partial charge in [0.1, 0.15) is 0 Å². The van der Waals surface area contributed by atoms with Crippen molar-refractivity contribution in [2.75, 3.05) is 13.1 Å². The van der Waals surface area contributed by atoms with Crippen LogP contribution in [-0.4, -0.2) is 13.1 Å². The van der Waals surface area contributed by atoms with Crippen LogP contribution in [0.3, 0.4) is 0 Å². The predicted octanol–water partition coefficient (Wildman–Crippen LogP) is 3.43. The fourth-order valence-corrected chi connectivity index (χ4v) is 3.01. The van der Waals surface area contributed by atoms with Crippen molar-refractivity contribution in [2.45, 2.75) is 39.0 Å². The van der Waals surface area contributed by atoms with E-state index in [1.807, 2.05) is 0 Å². The number of halogens is 1. The van der Waals surface area contributed by atoms with Crippen LogP contribution in [0.4, 0.5) is 0 Å². The van der Waals surface area contributed by atoms with Gasteiger partial charge in [-0.3, -0.25) is 0 Å².